The molecule has 122 valence electrons. The summed E-state index contributed by atoms with van der Waals surface area (Å²) in [6.07, 6.45) is 1.51. The first-order chi connectivity index (χ1) is 12.2. The van der Waals surface area contributed by atoms with Gasteiger partial charge in [-0.2, -0.15) is 5.10 Å². The summed E-state index contributed by atoms with van der Waals surface area (Å²) in [4.78, 5) is 32.8. The van der Waals surface area contributed by atoms with Crippen molar-refractivity contribution < 1.29 is 4.79 Å². The number of nitrogens with zero attached hydrogens (tertiary/aromatic N) is 3. The van der Waals surface area contributed by atoms with Crippen LogP contribution in [0.2, 0.25) is 0 Å². The number of para-hydroxylation sites is 2. The van der Waals surface area contributed by atoms with Crippen molar-refractivity contribution in [2.45, 2.75) is 0 Å². The van der Waals surface area contributed by atoms with Gasteiger partial charge in [0, 0.05) is 5.39 Å². The van der Waals surface area contributed by atoms with Crippen LogP contribution in [0.15, 0.2) is 59.5 Å². The third kappa shape index (κ3) is 2.76. The lowest BCUT2D eigenvalue weighted by atomic mass is 10.1. The summed E-state index contributed by atoms with van der Waals surface area (Å²) in [6.45, 7) is 0. The Morgan fingerprint density at radius 2 is 1.68 bits per heavy atom. The van der Waals surface area contributed by atoms with Gasteiger partial charge in [-0.05, 0) is 18.2 Å². The number of hydrogen-bond donors (Lipinski definition) is 3. The molecule has 0 saturated carbocycles. The second-order valence-corrected chi connectivity index (χ2v) is 5.27. The number of nitrogens with one attached hydrogen (secondary N) is 3. The molecular weight excluding hydrogens is 320 g/mol. The smallest absolute Gasteiger partial charge is 0.280 e. The molecule has 4 rings (SSSR count). The van der Waals surface area contributed by atoms with Crippen LogP contribution in [-0.2, 0) is 0 Å². The van der Waals surface area contributed by atoms with E-state index >= 15 is 0 Å². The van der Waals surface area contributed by atoms with Crippen molar-refractivity contribution in [3.8, 4) is 0 Å². The number of hydrazine groups is 1. The Labute approximate surface area is 140 Å². The number of carbonyl (C=O) groups is 1. The highest BCUT2D eigenvalue weighted by Gasteiger charge is 2.13. The molecule has 2 aromatic carbocycles. The molecule has 2 aromatic heterocycles. The molecule has 0 radical (unpaired) electrons. The molecule has 1 amide bonds. The molecule has 8 heteroatoms. The number of H-pyrrole nitrogens is 1. The van der Waals surface area contributed by atoms with E-state index in [9.17, 15) is 9.59 Å². The van der Waals surface area contributed by atoms with Crippen LogP contribution in [0.25, 0.3) is 21.8 Å². The van der Waals surface area contributed by atoms with Gasteiger partial charge in [0.15, 0.2) is 11.5 Å². The number of hydrogen-bond acceptors (Lipinski definition) is 6. The number of amides is 1. The van der Waals surface area contributed by atoms with Crippen molar-refractivity contribution in [3.05, 3.63) is 70.8 Å². The largest absolute Gasteiger partial charge is 0.290 e. The van der Waals surface area contributed by atoms with Gasteiger partial charge in [-0.1, -0.05) is 30.3 Å². The maximum absolute atomic E-state index is 12.4. The predicted molar refractivity (Wildman–Crippen MR) is 93.0 cm³/mol. The van der Waals surface area contributed by atoms with E-state index in [2.05, 4.69) is 31.0 Å². The van der Waals surface area contributed by atoms with E-state index < -0.39 is 5.91 Å². The number of carbonyl (C=O) groups excluding carboxylic acids is 1. The minimum absolute atomic E-state index is 0.108. The Morgan fingerprint density at radius 1 is 0.960 bits per heavy atom. The Kier molecular flexibility index (Phi) is 3.55. The van der Waals surface area contributed by atoms with E-state index in [0.717, 1.165) is 5.52 Å². The Balaban J connectivity index is 1.60. The van der Waals surface area contributed by atoms with E-state index in [1.54, 1.807) is 24.3 Å². The zero-order chi connectivity index (χ0) is 17.2. The lowest BCUT2D eigenvalue weighted by molar-refractivity contribution is 0.0958. The van der Waals surface area contributed by atoms with E-state index in [0.29, 0.717) is 22.1 Å². The van der Waals surface area contributed by atoms with Crippen LogP contribution in [0, 0.1) is 0 Å². The standard InChI is InChI=1S/C17H12N6O2/c24-16-11-6-2-1-5-10(11)15(21-22-16)17(25)23-20-14-9-18-12-7-3-4-8-13(12)19-14/h1-9H,(H,19,20)(H,22,24)(H,23,25). The molecule has 0 aliphatic rings. The lowest BCUT2D eigenvalue weighted by Gasteiger charge is -2.09. The summed E-state index contributed by atoms with van der Waals surface area (Å²) >= 11 is 0. The van der Waals surface area contributed by atoms with Crippen molar-refractivity contribution in [2.24, 2.45) is 0 Å². The normalized spacial score (nSPS) is 10.7. The first kappa shape index (κ1) is 14.8. The van der Waals surface area contributed by atoms with Gasteiger partial charge in [-0.15, -0.1) is 0 Å². The van der Waals surface area contributed by atoms with Gasteiger partial charge in [-0.25, -0.2) is 10.1 Å². The van der Waals surface area contributed by atoms with E-state index in [4.69, 9.17) is 0 Å². The van der Waals surface area contributed by atoms with Crippen LogP contribution >= 0.6 is 0 Å². The monoisotopic (exact) mass is 332 g/mol. The highest BCUT2D eigenvalue weighted by molar-refractivity contribution is 6.05. The van der Waals surface area contributed by atoms with Crippen LogP contribution in [0.5, 0.6) is 0 Å². The molecule has 4 aromatic rings. The summed E-state index contributed by atoms with van der Waals surface area (Å²) in [5, 5.41) is 7.03. The fourth-order valence-corrected chi connectivity index (χ4v) is 2.49. The first-order valence-electron chi connectivity index (χ1n) is 7.48. The van der Waals surface area contributed by atoms with Crippen LogP contribution in [0.4, 0.5) is 5.82 Å². The summed E-state index contributed by atoms with van der Waals surface area (Å²) in [5.74, 6) is -0.108. The van der Waals surface area contributed by atoms with Gasteiger partial charge in [0.2, 0.25) is 0 Å². The first-order valence-corrected chi connectivity index (χ1v) is 7.48. The number of aromatic nitrogens is 4. The molecule has 0 bridgehead atoms. The zero-order valence-electron chi connectivity index (χ0n) is 12.9. The molecule has 0 spiro atoms. The van der Waals surface area contributed by atoms with Gasteiger partial charge in [-0.3, -0.25) is 25.4 Å². The van der Waals surface area contributed by atoms with Crippen molar-refractivity contribution in [2.75, 3.05) is 5.43 Å². The molecule has 0 unspecified atom stereocenters. The van der Waals surface area contributed by atoms with E-state index in [1.165, 1.54) is 6.20 Å². The van der Waals surface area contributed by atoms with Crippen LogP contribution in [0.1, 0.15) is 10.5 Å². The van der Waals surface area contributed by atoms with Gasteiger partial charge in [0.1, 0.15) is 0 Å². The van der Waals surface area contributed by atoms with E-state index in [-0.39, 0.29) is 11.3 Å². The van der Waals surface area contributed by atoms with Gasteiger partial charge in [0.25, 0.3) is 11.5 Å². The Morgan fingerprint density at radius 3 is 2.52 bits per heavy atom. The highest BCUT2D eigenvalue weighted by Crippen LogP contribution is 2.13. The van der Waals surface area contributed by atoms with Crippen LogP contribution in [0.3, 0.4) is 0 Å². The Hall–Kier alpha value is -3.81. The minimum Gasteiger partial charge on any atom is -0.280 e. The second kappa shape index (κ2) is 6.00. The number of anilines is 1. The number of fused-ring (bicyclic) bond motifs is 2. The molecule has 0 aliphatic heterocycles. The molecule has 0 atom stereocenters. The van der Waals surface area contributed by atoms with Crippen molar-refractivity contribution >= 4 is 33.5 Å². The fraction of sp³-hybridized carbons (Fsp3) is 0. The molecule has 3 N–H and O–H groups in total. The van der Waals surface area contributed by atoms with Gasteiger partial charge in [0.05, 0.1) is 22.6 Å². The average molecular weight is 332 g/mol. The van der Waals surface area contributed by atoms with E-state index in [1.807, 2.05) is 24.3 Å². The Bertz CT molecular complexity index is 1150. The molecular formula is C17H12N6O2. The van der Waals surface area contributed by atoms with Gasteiger partial charge < -0.3 is 0 Å². The molecule has 25 heavy (non-hydrogen) atoms. The third-order valence-corrected chi connectivity index (χ3v) is 3.66. The maximum atomic E-state index is 12.4. The average Bonchev–Trinajstić information content (AvgIpc) is 2.66. The quantitative estimate of drug-likeness (QED) is 0.491. The predicted octanol–water partition coefficient (Wildman–Crippen LogP) is 1.62. The molecule has 0 saturated heterocycles. The molecule has 0 fully saturated rings. The molecule has 2 heterocycles. The molecule has 8 nitrogen and oxygen atoms in total. The van der Waals surface area contributed by atoms with Gasteiger partial charge >= 0.3 is 0 Å². The number of rotatable bonds is 3. The van der Waals surface area contributed by atoms with Crippen molar-refractivity contribution in [1.29, 1.82) is 0 Å². The third-order valence-electron chi connectivity index (χ3n) is 3.66. The maximum Gasteiger partial charge on any atom is 0.290 e. The minimum atomic E-state index is -0.498. The highest BCUT2D eigenvalue weighted by atomic mass is 16.2. The summed E-state index contributed by atoms with van der Waals surface area (Å²) in [7, 11) is 0. The lowest BCUT2D eigenvalue weighted by Crippen LogP contribution is -2.31. The molecule has 0 aliphatic carbocycles. The SMILES string of the molecule is O=C(NNc1cnc2ccccc2n1)c1n[nH]c(=O)c2ccccc12. The number of aromatic amines is 1. The summed E-state index contributed by atoms with van der Waals surface area (Å²) in [5.41, 5.74) is 6.45. The zero-order valence-corrected chi connectivity index (χ0v) is 12.9. The summed E-state index contributed by atoms with van der Waals surface area (Å²) in [6, 6.07) is 14.2. The van der Waals surface area contributed by atoms with Crippen molar-refractivity contribution in [1.82, 2.24) is 25.6 Å². The van der Waals surface area contributed by atoms with Crippen LogP contribution in [-0.4, -0.2) is 26.1 Å². The number of benzene rings is 2. The van der Waals surface area contributed by atoms with Crippen LogP contribution < -0.4 is 16.4 Å². The fourth-order valence-electron chi connectivity index (χ4n) is 2.49. The second-order valence-electron chi connectivity index (χ2n) is 5.27. The topological polar surface area (TPSA) is 113 Å². The van der Waals surface area contributed by atoms with Crippen molar-refractivity contribution in [3.63, 3.8) is 0 Å². The summed E-state index contributed by atoms with van der Waals surface area (Å²) < 4.78 is 0.